The van der Waals surface area contributed by atoms with Crippen molar-refractivity contribution in [2.24, 2.45) is 0 Å². The normalized spacial score (nSPS) is 27.1. The molecule has 0 amide bonds. The van der Waals surface area contributed by atoms with Crippen LogP contribution in [0.25, 0.3) is 33.5 Å². The van der Waals surface area contributed by atoms with Crippen molar-refractivity contribution in [2.75, 3.05) is 37.0 Å². The Morgan fingerprint density at radius 2 is 0.764 bits per heavy atom. The molecule has 7 aromatic rings. The van der Waals surface area contributed by atoms with Crippen LogP contribution in [0.4, 0.5) is 17.5 Å². The molecule has 6 aliphatic heterocycles. The summed E-state index contributed by atoms with van der Waals surface area (Å²) in [5, 5.41) is 11.4. The molecule has 6 aromatic heterocycles. The number of anilines is 3. The summed E-state index contributed by atoms with van der Waals surface area (Å²) in [5.41, 5.74) is 23.9. The Morgan fingerprint density at radius 3 is 1.17 bits per heavy atom. The van der Waals surface area contributed by atoms with E-state index in [1.807, 2.05) is 34.9 Å². The number of imidazole rings is 3. The summed E-state index contributed by atoms with van der Waals surface area (Å²) in [6.07, 6.45) is 4.04. The number of rotatable bonds is 17. The average molecular weight is 1650 g/mol. The third-order valence-electron chi connectivity index (χ3n) is 23.0. The summed E-state index contributed by atoms with van der Waals surface area (Å²) < 4.78 is 101. The van der Waals surface area contributed by atoms with Gasteiger partial charge in [0.25, 0.3) is 0 Å². The minimum absolute atomic E-state index is 0.0500. The van der Waals surface area contributed by atoms with Crippen LogP contribution in [0, 0.1) is 0 Å². The molecule has 7 N–H and O–H groups in total. The minimum atomic E-state index is -2.99. The third-order valence-corrected chi connectivity index (χ3v) is 53.9. The molecule has 0 aliphatic carbocycles. The number of fused-ring (bicyclic) bond motifs is 6. The van der Waals surface area contributed by atoms with Crippen molar-refractivity contribution in [3.8, 4) is 5.75 Å². The Morgan fingerprint density at radius 1 is 0.418 bits per heavy atom. The van der Waals surface area contributed by atoms with Crippen molar-refractivity contribution in [1.29, 1.82) is 0 Å². The smallest absolute Gasteiger partial charge is 0.358 e. The lowest BCUT2D eigenvalue weighted by molar-refractivity contribution is -0.0570. The quantitative estimate of drug-likeness (QED) is 0.0486. The number of hydrogen-bond donors (Lipinski definition) is 4. The predicted molar refractivity (Wildman–Crippen MR) is 438 cm³/mol. The first-order valence-corrected chi connectivity index (χ1v) is 51.5. The van der Waals surface area contributed by atoms with Crippen LogP contribution in [0.2, 0.25) is 66.5 Å². The highest BCUT2D eigenvalue weighted by molar-refractivity contribution is 7.79. The number of para-hydroxylation sites is 1. The molecule has 1 aromatic carbocycles. The SMILES string of the molecule is CC(C)[Si]1(C(C)C)OC[C@@H]2O[C@H](n3cnc4c(N)ncnc43)C(O)[C@@H]2O[Si](C(C)C)(C(C)C)O1.CC(C)[Si]1(C(C)C)OC[C@@H]2O[C@H](n3cnc4c(N)ncnc43)C(OC(=S)Oc3ccccc3)[C@@H]2O[Si](C(C)C)(C(C)C)O1.CC(C)[Si]1(C(C)C)OC[C@@H]2O[C@H](n3cnc4c(N)ncnc43)C[C@@H]2O[Si](C(C)C)(C(C)C)O1. The van der Waals surface area contributed by atoms with E-state index in [-0.39, 0.29) is 97.3 Å². The fourth-order valence-electron chi connectivity index (χ4n) is 17.1. The van der Waals surface area contributed by atoms with E-state index in [0.29, 0.717) is 75.8 Å². The van der Waals surface area contributed by atoms with Gasteiger partial charge < -0.3 is 84.9 Å². The lowest BCUT2D eigenvalue weighted by Crippen LogP contribution is -2.66. The summed E-state index contributed by atoms with van der Waals surface area (Å²) in [5.74, 6) is 1.49. The molecule has 0 bridgehead atoms. The Hall–Kier alpha value is -5.26. The number of nitrogens with zero attached hydrogens (tertiary/aromatic N) is 12. The fourth-order valence-corrected chi connectivity index (χ4v) is 50.9. The monoisotopic (exact) mass is 1650 g/mol. The van der Waals surface area contributed by atoms with Gasteiger partial charge in [-0.2, -0.15) is 0 Å². The van der Waals surface area contributed by atoms with Gasteiger partial charge in [-0.25, -0.2) is 44.9 Å². The van der Waals surface area contributed by atoms with Crippen LogP contribution in [0.3, 0.4) is 0 Å². The standard InChI is InChI=1S/C29H43N5O6SSi2.C22H39N5O5Si2.C22H39N5O4Si2/c1-17(2)42(18(3)4)35-14-22-24(39-43(40-42,19(5)6)20(7)8)25(38-29(41)36-21-12-10-9-11-13-21)28(37-22)34-16-33-23-26(30)31-15-32-27(23)34;1-12(2)33(13(3)4)29-9-16-19(31-34(32-33,14(5)6)15(7)8)18(28)22(30-16)27-11-26-17-20(23)24-10-25-21(17)27;1-13(2)32(14(3)4)28-10-18-17(30-33(31-32,15(5)6)16(7)8)9-19(29-18)27-12-26-20-21(23)24-11-25-22(20)27/h9-13,15-20,22,24-25,28H,14H2,1-8H3,(H2,30,31,32);10-16,18-19,22,28H,9H2,1-8H3,(H2,23,24,25);11-19H,9-10H2,1-8H3,(H2,23,24,25)/t22-,24+,25?,28-;16-,18?,19+,22-;17-,18-,19-/m000/s1. The molecule has 30 nitrogen and oxygen atoms in total. The molecule has 13 rings (SSSR count). The summed E-state index contributed by atoms with van der Waals surface area (Å²) in [6.45, 7) is 53.7. The van der Waals surface area contributed by atoms with Gasteiger partial charge >= 0.3 is 56.6 Å². The Labute approximate surface area is 659 Å². The maximum Gasteiger partial charge on any atom is 0.358 e. The Balaban J connectivity index is 0.000000166. The molecule has 11 atom stereocenters. The summed E-state index contributed by atoms with van der Waals surface area (Å²) in [4.78, 5) is 38.6. The third kappa shape index (κ3) is 15.9. The highest BCUT2D eigenvalue weighted by Crippen LogP contribution is 2.53. The second-order valence-electron chi connectivity index (χ2n) is 33.7. The molecule has 2 unspecified atom stereocenters. The zero-order chi connectivity index (χ0) is 80.2. The molecule has 12 heterocycles. The van der Waals surface area contributed by atoms with Gasteiger partial charge in [-0.15, -0.1) is 0 Å². The first kappa shape index (κ1) is 85.6. The Bertz CT molecular complexity index is 4210. The van der Waals surface area contributed by atoms with E-state index in [1.165, 1.54) is 19.0 Å². The van der Waals surface area contributed by atoms with Gasteiger partial charge in [0.05, 0.1) is 44.9 Å². The molecule has 6 fully saturated rings. The molecule has 37 heteroatoms. The van der Waals surface area contributed by atoms with Crippen molar-refractivity contribution in [3.05, 3.63) is 68.3 Å². The van der Waals surface area contributed by atoms with E-state index >= 15 is 0 Å². The summed E-state index contributed by atoms with van der Waals surface area (Å²) in [7, 11) is -16.5. The molecule has 6 saturated heterocycles. The number of aliphatic hydroxyl groups is 1. The van der Waals surface area contributed by atoms with Gasteiger partial charge in [0, 0.05) is 18.6 Å². The number of nitrogen functional groups attached to an aromatic ring is 3. The van der Waals surface area contributed by atoms with Crippen molar-refractivity contribution in [3.63, 3.8) is 0 Å². The molecule has 608 valence electrons. The van der Waals surface area contributed by atoms with Crippen LogP contribution >= 0.6 is 12.2 Å². The van der Waals surface area contributed by atoms with Crippen LogP contribution in [-0.2, 0) is 57.8 Å². The highest BCUT2D eigenvalue weighted by atomic mass is 32.1. The van der Waals surface area contributed by atoms with Crippen molar-refractivity contribution >= 4 is 120 Å². The Kier molecular flexibility index (Phi) is 26.4. The van der Waals surface area contributed by atoms with E-state index < -0.39 is 100 Å². The van der Waals surface area contributed by atoms with Gasteiger partial charge in [0.2, 0.25) is 0 Å². The largest absolute Gasteiger partial charge is 0.446 e. The molecule has 0 saturated carbocycles. The highest BCUT2D eigenvalue weighted by Gasteiger charge is 2.66. The second kappa shape index (κ2) is 33.9. The molecule has 0 radical (unpaired) electrons. The summed E-state index contributed by atoms with van der Waals surface area (Å²) >= 11 is 5.62. The van der Waals surface area contributed by atoms with Crippen LogP contribution in [-0.4, -0.2) is 189 Å². The first-order valence-electron chi connectivity index (χ1n) is 39.3. The number of aromatic nitrogens is 12. The lowest BCUT2D eigenvalue weighted by Gasteiger charge is -2.51. The average Bonchev–Trinajstić information content (AvgIpc) is 1.53. The van der Waals surface area contributed by atoms with E-state index in [0.717, 1.165) is 0 Å². The van der Waals surface area contributed by atoms with Crippen LogP contribution in [0.5, 0.6) is 5.75 Å². The van der Waals surface area contributed by atoms with E-state index in [2.05, 4.69) is 211 Å². The molecular weight excluding hydrogens is 1530 g/mol. The zero-order valence-electron chi connectivity index (χ0n) is 68.6. The van der Waals surface area contributed by atoms with Crippen molar-refractivity contribution in [2.45, 2.75) is 307 Å². The van der Waals surface area contributed by atoms with Crippen molar-refractivity contribution < 1.29 is 67.7 Å². The number of aliphatic hydroxyl groups excluding tert-OH is 1. The van der Waals surface area contributed by atoms with Gasteiger partial charge in [0.15, 0.2) is 53.0 Å². The number of nitrogens with two attached hydrogens (primary N) is 3. The van der Waals surface area contributed by atoms with E-state index in [4.69, 9.17) is 92.0 Å². The van der Waals surface area contributed by atoms with Gasteiger partial charge in [-0.3, -0.25) is 13.7 Å². The first-order chi connectivity index (χ1) is 51.8. The molecule has 0 spiro atoms. The van der Waals surface area contributed by atoms with E-state index in [9.17, 15) is 5.11 Å². The van der Waals surface area contributed by atoms with Gasteiger partial charge in [-0.05, 0) is 78.6 Å². The van der Waals surface area contributed by atoms with Crippen molar-refractivity contribution in [1.82, 2.24) is 58.6 Å². The number of thiocarbonyl (C=S) groups is 1. The van der Waals surface area contributed by atoms with Gasteiger partial charge in [0.1, 0.15) is 84.1 Å². The van der Waals surface area contributed by atoms with Crippen LogP contribution in [0.1, 0.15) is 191 Å². The molecule has 6 aliphatic rings. The number of ether oxygens (including phenoxy) is 5. The molecule has 110 heavy (non-hydrogen) atoms. The summed E-state index contributed by atoms with van der Waals surface area (Å²) in [6, 6.07) is 9.27. The van der Waals surface area contributed by atoms with Crippen LogP contribution < -0.4 is 21.9 Å². The predicted octanol–water partition coefficient (Wildman–Crippen LogP) is 14.3. The number of benzene rings is 1. The molecular formula is C73H121N15O15SSi6. The lowest BCUT2D eigenvalue weighted by atomic mass is 10.1. The van der Waals surface area contributed by atoms with Crippen LogP contribution in [0.15, 0.2) is 68.3 Å². The zero-order valence-corrected chi connectivity index (χ0v) is 75.4. The topological polar surface area (TPSA) is 358 Å². The maximum absolute atomic E-state index is 11.5. The van der Waals surface area contributed by atoms with Gasteiger partial charge in [-0.1, -0.05) is 184 Å². The number of hydrogen-bond acceptors (Lipinski definition) is 28. The second-order valence-corrected chi connectivity index (χ2v) is 60.6. The fraction of sp³-hybridized carbons (Fsp3) is 0.699. The maximum atomic E-state index is 11.5. The van der Waals surface area contributed by atoms with E-state index in [1.54, 1.807) is 28.1 Å². The minimum Gasteiger partial charge on any atom is -0.446 e.